The second-order valence-corrected chi connectivity index (χ2v) is 4.51. The lowest BCUT2D eigenvalue weighted by Gasteiger charge is -2.25. The van der Waals surface area contributed by atoms with Crippen molar-refractivity contribution in [2.24, 2.45) is 0 Å². The number of para-hydroxylation sites is 1. The molecular weight excluding hydrogens is 230 g/mol. The molecule has 3 rings (SSSR count). The highest BCUT2D eigenvalue weighted by Gasteiger charge is 2.21. The van der Waals surface area contributed by atoms with Gasteiger partial charge in [0, 0.05) is 18.5 Å². The van der Waals surface area contributed by atoms with Gasteiger partial charge in [0.25, 0.3) is 5.91 Å². The van der Waals surface area contributed by atoms with E-state index in [4.69, 9.17) is 9.15 Å². The Hall–Kier alpha value is -1.81. The number of aryl methyl sites for hydroxylation is 1. The van der Waals surface area contributed by atoms with Crippen LogP contribution in [0.4, 0.5) is 0 Å². The summed E-state index contributed by atoms with van der Waals surface area (Å²) in [6, 6.07) is 7.73. The van der Waals surface area contributed by atoms with Crippen LogP contribution >= 0.6 is 0 Å². The molecule has 1 aliphatic heterocycles. The zero-order valence-electron chi connectivity index (χ0n) is 10.3. The number of carbonyl (C=O) groups excluding carboxylic acids is 1. The van der Waals surface area contributed by atoms with Gasteiger partial charge in [-0.25, -0.2) is 0 Å². The van der Waals surface area contributed by atoms with Gasteiger partial charge < -0.3 is 14.1 Å². The fraction of sp³-hybridized carbons (Fsp3) is 0.357. The number of nitrogens with zero attached hydrogens (tertiary/aromatic N) is 1. The summed E-state index contributed by atoms with van der Waals surface area (Å²) in [5.74, 6) is 0.370. The van der Waals surface area contributed by atoms with E-state index in [0.717, 1.165) is 16.5 Å². The third-order valence-corrected chi connectivity index (χ3v) is 3.25. The second-order valence-electron chi connectivity index (χ2n) is 4.51. The number of morpholine rings is 1. The van der Waals surface area contributed by atoms with Crippen LogP contribution in [-0.2, 0) is 4.74 Å². The molecule has 1 amide bonds. The Morgan fingerprint density at radius 1 is 1.28 bits per heavy atom. The predicted molar refractivity (Wildman–Crippen MR) is 67.7 cm³/mol. The first kappa shape index (κ1) is 11.3. The molecule has 0 spiro atoms. The minimum Gasteiger partial charge on any atom is -0.451 e. The quantitative estimate of drug-likeness (QED) is 0.773. The van der Waals surface area contributed by atoms with Crippen LogP contribution < -0.4 is 0 Å². The van der Waals surface area contributed by atoms with Crippen molar-refractivity contribution in [3.05, 3.63) is 35.6 Å². The number of amides is 1. The SMILES string of the molecule is Cc1cccc2cc(C(=O)N3CCOCC3)oc12. The van der Waals surface area contributed by atoms with Crippen LogP contribution in [0.2, 0.25) is 0 Å². The maximum atomic E-state index is 12.3. The number of fused-ring (bicyclic) bond motifs is 1. The van der Waals surface area contributed by atoms with E-state index in [-0.39, 0.29) is 5.91 Å². The fourth-order valence-corrected chi connectivity index (χ4v) is 2.24. The second kappa shape index (κ2) is 4.46. The van der Waals surface area contributed by atoms with Gasteiger partial charge in [0.2, 0.25) is 0 Å². The van der Waals surface area contributed by atoms with E-state index in [1.165, 1.54) is 0 Å². The predicted octanol–water partition coefficient (Wildman–Crippen LogP) is 2.21. The normalized spacial score (nSPS) is 16.2. The Bertz CT molecular complexity index is 582. The highest BCUT2D eigenvalue weighted by molar-refractivity contribution is 5.96. The van der Waals surface area contributed by atoms with Gasteiger partial charge in [0.15, 0.2) is 5.76 Å². The average molecular weight is 245 g/mol. The average Bonchev–Trinajstić information content (AvgIpc) is 2.84. The number of ether oxygens (including phenoxy) is 1. The molecule has 1 aromatic heterocycles. The maximum absolute atomic E-state index is 12.3. The topological polar surface area (TPSA) is 42.7 Å². The van der Waals surface area contributed by atoms with E-state index < -0.39 is 0 Å². The lowest BCUT2D eigenvalue weighted by Crippen LogP contribution is -2.40. The van der Waals surface area contributed by atoms with Crippen molar-refractivity contribution in [2.45, 2.75) is 6.92 Å². The Balaban J connectivity index is 1.94. The Morgan fingerprint density at radius 2 is 2.06 bits per heavy atom. The van der Waals surface area contributed by atoms with E-state index >= 15 is 0 Å². The van der Waals surface area contributed by atoms with E-state index in [1.54, 1.807) is 4.90 Å². The van der Waals surface area contributed by atoms with Gasteiger partial charge in [-0.2, -0.15) is 0 Å². The first-order valence-electron chi connectivity index (χ1n) is 6.12. The minimum absolute atomic E-state index is 0.0473. The van der Waals surface area contributed by atoms with Crippen molar-refractivity contribution in [1.82, 2.24) is 4.90 Å². The van der Waals surface area contributed by atoms with Crippen LogP contribution in [0.25, 0.3) is 11.0 Å². The molecule has 1 saturated heterocycles. The van der Waals surface area contributed by atoms with Gasteiger partial charge in [-0.1, -0.05) is 18.2 Å². The largest absolute Gasteiger partial charge is 0.451 e. The van der Waals surface area contributed by atoms with E-state index in [2.05, 4.69) is 0 Å². The summed E-state index contributed by atoms with van der Waals surface area (Å²) >= 11 is 0. The highest BCUT2D eigenvalue weighted by atomic mass is 16.5. The van der Waals surface area contributed by atoms with Crippen molar-refractivity contribution in [3.63, 3.8) is 0 Å². The molecule has 0 radical (unpaired) electrons. The summed E-state index contributed by atoms with van der Waals surface area (Å²) in [6.45, 7) is 4.45. The molecule has 1 fully saturated rings. The van der Waals surface area contributed by atoms with Gasteiger partial charge in [-0.15, -0.1) is 0 Å². The van der Waals surface area contributed by atoms with Gasteiger partial charge in [-0.3, -0.25) is 4.79 Å². The molecule has 94 valence electrons. The standard InChI is InChI=1S/C14H15NO3/c1-10-3-2-4-11-9-12(18-13(10)11)14(16)15-5-7-17-8-6-15/h2-4,9H,5-8H2,1H3. The summed E-state index contributed by atoms with van der Waals surface area (Å²) in [5.41, 5.74) is 1.85. The van der Waals surface area contributed by atoms with E-state index in [0.29, 0.717) is 32.1 Å². The lowest BCUT2D eigenvalue weighted by atomic mass is 10.2. The molecule has 2 heterocycles. The van der Waals surface area contributed by atoms with E-state index in [9.17, 15) is 4.79 Å². The van der Waals surface area contributed by atoms with Crippen molar-refractivity contribution >= 4 is 16.9 Å². The smallest absolute Gasteiger partial charge is 0.289 e. The molecule has 0 N–H and O–H groups in total. The zero-order valence-corrected chi connectivity index (χ0v) is 10.3. The lowest BCUT2D eigenvalue weighted by molar-refractivity contribution is 0.0284. The van der Waals surface area contributed by atoms with Crippen molar-refractivity contribution in [3.8, 4) is 0 Å². The fourth-order valence-electron chi connectivity index (χ4n) is 2.24. The molecule has 1 aromatic carbocycles. The summed E-state index contributed by atoms with van der Waals surface area (Å²) in [7, 11) is 0. The molecule has 0 saturated carbocycles. The van der Waals surface area contributed by atoms with Gasteiger partial charge >= 0.3 is 0 Å². The summed E-state index contributed by atoms with van der Waals surface area (Å²) in [4.78, 5) is 14.0. The number of carbonyl (C=O) groups is 1. The Kier molecular flexibility index (Phi) is 2.80. The van der Waals surface area contributed by atoms with Crippen LogP contribution in [-0.4, -0.2) is 37.1 Å². The first-order chi connectivity index (χ1) is 8.75. The Labute approximate surface area is 105 Å². The van der Waals surface area contributed by atoms with Crippen molar-refractivity contribution in [2.75, 3.05) is 26.3 Å². The van der Waals surface area contributed by atoms with Crippen LogP contribution in [0.1, 0.15) is 16.1 Å². The third kappa shape index (κ3) is 1.88. The number of furan rings is 1. The summed E-state index contributed by atoms with van der Waals surface area (Å²) in [6.07, 6.45) is 0. The van der Waals surface area contributed by atoms with Crippen molar-refractivity contribution in [1.29, 1.82) is 0 Å². The van der Waals surface area contributed by atoms with Crippen LogP contribution in [0.5, 0.6) is 0 Å². The molecule has 0 bridgehead atoms. The van der Waals surface area contributed by atoms with Gasteiger partial charge in [0.1, 0.15) is 5.58 Å². The maximum Gasteiger partial charge on any atom is 0.289 e. The number of hydrogen-bond acceptors (Lipinski definition) is 3. The molecule has 18 heavy (non-hydrogen) atoms. The first-order valence-corrected chi connectivity index (χ1v) is 6.12. The number of hydrogen-bond donors (Lipinski definition) is 0. The van der Waals surface area contributed by atoms with Gasteiger partial charge in [0.05, 0.1) is 13.2 Å². The van der Waals surface area contributed by atoms with Crippen molar-refractivity contribution < 1.29 is 13.9 Å². The van der Waals surface area contributed by atoms with Crippen LogP contribution in [0, 0.1) is 6.92 Å². The molecule has 0 unspecified atom stereocenters. The summed E-state index contributed by atoms with van der Waals surface area (Å²) in [5, 5.41) is 0.978. The minimum atomic E-state index is -0.0473. The molecule has 4 nitrogen and oxygen atoms in total. The summed E-state index contributed by atoms with van der Waals surface area (Å²) < 4.78 is 10.9. The molecule has 0 aliphatic carbocycles. The van der Waals surface area contributed by atoms with Crippen LogP contribution in [0.15, 0.2) is 28.7 Å². The number of benzene rings is 1. The van der Waals surface area contributed by atoms with Gasteiger partial charge in [-0.05, 0) is 18.6 Å². The van der Waals surface area contributed by atoms with E-state index in [1.807, 2.05) is 31.2 Å². The molecule has 4 heteroatoms. The third-order valence-electron chi connectivity index (χ3n) is 3.25. The highest BCUT2D eigenvalue weighted by Crippen LogP contribution is 2.23. The zero-order chi connectivity index (χ0) is 12.5. The molecular formula is C14H15NO3. The van der Waals surface area contributed by atoms with Crippen LogP contribution in [0.3, 0.4) is 0 Å². The molecule has 1 aliphatic rings. The number of rotatable bonds is 1. The Morgan fingerprint density at radius 3 is 2.78 bits per heavy atom. The molecule has 0 atom stereocenters. The molecule has 2 aromatic rings. The monoisotopic (exact) mass is 245 g/mol.